The number of alkyl halides is 3. The van der Waals surface area contributed by atoms with Crippen molar-refractivity contribution < 1.29 is 30.8 Å². The summed E-state index contributed by atoms with van der Waals surface area (Å²) in [6.45, 7) is -0.308. The molecule has 1 fully saturated rings. The first-order chi connectivity index (χ1) is 13.5. The van der Waals surface area contributed by atoms with E-state index in [2.05, 4.69) is 0 Å². The average molecular weight is 451 g/mol. The van der Waals surface area contributed by atoms with Crippen molar-refractivity contribution in [2.24, 2.45) is 0 Å². The third-order valence-corrected chi connectivity index (χ3v) is 6.62. The van der Waals surface area contributed by atoms with Gasteiger partial charge in [0.2, 0.25) is 10.0 Å². The molecule has 1 aliphatic rings. The van der Waals surface area contributed by atoms with Crippen LogP contribution in [0.25, 0.3) is 0 Å². The number of carbonyl (C=O) groups is 1. The Morgan fingerprint density at radius 3 is 2.24 bits per heavy atom. The highest BCUT2D eigenvalue weighted by Crippen LogP contribution is 2.31. The van der Waals surface area contributed by atoms with Crippen molar-refractivity contribution in [3.63, 3.8) is 0 Å². The molecule has 1 heterocycles. The van der Waals surface area contributed by atoms with Gasteiger partial charge in [0.05, 0.1) is 16.0 Å². The highest BCUT2D eigenvalue weighted by Gasteiger charge is 2.34. The van der Waals surface area contributed by atoms with Crippen LogP contribution in [0.5, 0.6) is 0 Å². The standard InChI is InChI=1S/C18H15ClF4N2O3S/c19-13-4-5-15(16(20)11-13)17(26)24-6-8-25(9-7-24)29(27,28)14-3-1-2-12(10-14)18(21,22)23/h1-5,10-11H,6-9H2. The lowest BCUT2D eigenvalue weighted by molar-refractivity contribution is -0.137. The van der Waals surface area contributed by atoms with Crippen LogP contribution in [0, 0.1) is 5.82 Å². The molecular formula is C18H15ClF4N2O3S. The number of nitrogens with zero attached hydrogens (tertiary/aromatic N) is 2. The van der Waals surface area contributed by atoms with E-state index in [1.54, 1.807) is 0 Å². The molecular weight excluding hydrogens is 436 g/mol. The third-order valence-electron chi connectivity index (χ3n) is 4.49. The van der Waals surface area contributed by atoms with Crippen LogP contribution in [0.15, 0.2) is 47.4 Å². The van der Waals surface area contributed by atoms with Crippen molar-refractivity contribution >= 4 is 27.5 Å². The van der Waals surface area contributed by atoms with E-state index in [1.165, 1.54) is 17.0 Å². The summed E-state index contributed by atoms with van der Waals surface area (Å²) in [6.07, 6.45) is -4.67. The minimum atomic E-state index is -4.67. The normalized spacial score (nSPS) is 16.1. The largest absolute Gasteiger partial charge is 0.416 e. The predicted octanol–water partition coefficient (Wildman–Crippen LogP) is 3.64. The van der Waals surface area contributed by atoms with Crippen LogP contribution >= 0.6 is 11.6 Å². The number of amides is 1. The molecule has 0 bridgehead atoms. The van der Waals surface area contributed by atoms with Gasteiger partial charge >= 0.3 is 6.18 Å². The van der Waals surface area contributed by atoms with Gasteiger partial charge in [0.1, 0.15) is 5.82 Å². The van der Waals surface area contributed by atoms with Crippen molar-refractivity contribution in [2.45, 2.75) is 11.1 Å². The Hall–Kier alpha value is -2.17. The second kappa shape index (κ2) is 7.92. The molecule has 156 valence electrons. The van der Waals surface area contributed by atoms with Gasteiger partial charge < -0.3 is 4.90 Å². The molecule has 0 atom stereocenters. The minimum absolute atomic E-state index is 0.0287. The van der Waals surface area contributed by atoms with Crippen molar-refractivity contribution in [1.82, 2.24) is 9.21 Å². The van der Waals surface area contributed by atoms with Crippen molar-refractivity contribution in [3.05, 3.63) is 64.4 Å². The van der Waals surface area contributed by atoms with Crippen LogP contribution in [0.4, 0.5) is 17.6 Å². The lowest BCUT2D eigenvalue weighted by Crippen LogP contribution is -2.50. The summed E-state index contributed by atoms with van der Waals surface area (Å²) in [5, 5.41) is 0.135. The fraction of sp³-hybridized carbons (Fsp3) is 0.278. The first kappa shape index (κ1) is 21.5. The van der Waals surface area contributed by atoms with Gasteiger partial charge in [0.15, 0.2) is 0 Å². The van der Waals surface area contributed by atoms with Gasteiger partial charge in [-0.1, -0.05) is 17.7 Å². The fourth-order valence-electron chi connectivity index (χ4n) is 2.95. The van der Waals surface area contributed by atoms with Gasteiger partial charge in [0.25, 0.3) is 5.91 Å². The molecule has 0 aliphatic carbocycles. The van der Waals surface area contributed by atoms with E-state index in [0.29, 0.717) is 6.07 Å². The molecule has 29 heavy (non-hydrogen) atoms. The highest BCUT2D eigenvalue weighted by molar-refractivity contribution is 7.89. The summed E-state index contributed by atoms with van der Waals surface area (Å²) >= 11 is 5.67. The highest BCUT2D eigenvalue weighted by atomic mass is 35.5. The van der Waals surface area contributed by atoms with Crippen LogP contribution in [-0.4, -0.2) is 49.7 Å². The Kier molecular flexibility index (Phi) is 5.88. The van der Waals surface area contributed by atoms with Gasteiger partial charge in [0, 0.05) is 31.2 Å². The lowest BCUT2D eigenvalue weighted by atomic mass is 10.1. The second-order valence-corrected chi connectivity index (χ2v) is 8.72. The van der Waals surface area contributed by atoms with Gasteiger partial charge in [-0.25, -0.2) is 12.8 Å². The molecule has 0 spiro atoms. The zero-order chi connectivity index (χ0) is 21.4. The van der Waals surface area contributed by atoms with Gasteiger partial charge in [-0.3, -0.25) is 4.79 Å². The fourth-order valence-corrected chi connectivity index (χ4v) is 4.57. The summed E-state index contributed by atoms with van der Waals surface area (Å²) in [4.78, 5) is 13.3. The molecule has 0 radical (unpaired) electrons. The second-order valence-electron chi connectivity index (χ2n) is 6.35. The quantitative estimate of drug-likeness (QED) is 0.671. The van der Waals surface area contributed by atoms with E-state index in [-0.39, 0.29) is 36.8 Å². The summed E-state index contributed by atoms with van der Waals surface area (Å²) in [6, 6.07) is 7.09. The number of hydrogen-bond acceptors (Lipinski definition) is 3. The number of benzene rings is 2. The number of sulfonamides is 1. The average Bonchev–Trinajstić information content (AvgIpc) is 2.67. The van der Waals surface area contributed by atoms with Gasteiger partial charge in [-0.2, -0.15) is 17.5 Å². The maximum atomic E-state index is 13.9. The number of rotatable bonds is 3. The van der Waals surface area contributed by atoms with Gasteiger partial charge in [-0.15, -0.1) is 0 Å². The van der Waals surface area contributed by atoms with E-state index < -0.39 is 38.4 Å². The SMILES string of the molecule is O=C(c1ccc(Cl)cc1F)N1CCN(S(=O)(=O)c2cccc(C(F)(F)F)c2)CC1. The summed E-state index contributed by atoms with van der Waals surface area (Å²) < 4.78 is 78.9. The molecule has 0 saturated carbocycles. The number of halogens is 5. The molecule has 5 nitrogen and oxygen atoms in total. The molecule has 11 heteroatoms. The van der Waals surface area contributed by atoms with Crippen LogP contribution in [0.2, 0.25) is 5.02 Å². The Morgan fingerprint density at radius 1 is 1.00 bits per heavy atom. The van der Waals surface area contributed by atoms with Crippen LogP contribution in [0.1, 0.15) is 15.9 Å². The van der Waals surface area contributed by atoms with E-state index in [9.17, 15) is 30.8 Å². The first-order valence-electron chi connectivity index (χ1n) is 8.42. The molecule has 1 saturated heterocycles. The Bertz CT molecular complexity index is 1040. The molecule has 1 amide bonds. The van der Waals surface area contributed by atoms with Gasteiger partial charge in [-0.05, 0) is 36.4 Å². The van der Waals surface area contributed by atoms with E-state index in [4.69, 9.17) is 11.6 Å². The zero-order valence-electron chi connectivity index (χ0n) is 14.8. The molecule has 2 aromatic rings. The van der Waals surface area contributed by atoms with E-state index in [0.717, 1.165) is 28.6 Å². The number of hydrogen-bond donors (Lipinski definition) is 0. The summed E-state index contributed by atoms with van der Waals surface area (Å²) in [5.41, 5.74) is -1.26. The lowest BCUT2D eigenvalue weighted by Gasteiger charge is -2.34. The number of carbonyl (C=O) groups excluding carboxylic acids is 1. The van der Waals surface area contributed by atoms with E-state index in [1.807, 2.05) is 0 Å². The molecule has 0 N–H and O–H groups in total. The monoisotopic (exact) mass is 450 g/mol. The van der Waals surface area contributed by atoms with Crippen molar-refractivity contribution in [3.8, 4) is 0 Å². The maximum Gasteiger partial charge on any atom is 0.416 e. The van der Waals surface area contributed by atoms with Crippen LogP contribution < -0.4 is 0 Å². The molecule has 0 aromatic heterocycles. The zero-order valence-corrected chi connectivity index (χ0v) is 16.4. The number of piperazine rings is 1. The predicted molar refractivity (Wildman–Crippen MR) is 97.5 cm³/mol. The van der Waals surface area contributed by atoms with Crippen LogP contribution in [-0.2, 0) is 16.2 Å². The minimum Gasteiger partial charge on any atom is -0.336 e. The smallest absolute Gasteiger partial charge is 0.336 e. The Labute approximate surface area is 169 Å². The van der Waals surface area contributed by atoms with Crippen molar-refractivity contribution in [2.75, 3.05) is 26.2 Å². The summed E-state index contributed by atoms with van der Waals surface area (Å²) in [7, 11) is -4.17. The van der Waals surface area contributed by atoms with E-state index >= 15 is 0 Å². The first-order valence-corrected chi connectivity index (χ1v) is 10.2. The molecule has 0 unspecified atom stereocenters. The summed E-state index contributed by atoms with van der Waals surface area (Å²) in [5.74, 6) is -1.41. The molecule has 3 rings (SSSR count). The Balaban J connectivity index is 1.74. The Morgan fingerprint density at radius 2 is 1.66 bits per heavy atom. The van der Waals surface area contributed by atoms with Crippen molar-refractivity contribution in [1.29, 1.82) is 0 Å². The maximum absolute atomic E-state index is 13.9. The topological polar surface area (TPSA) is 57.7 Å². The molecule has 2 aromatic carbocycles. The molecule has 1 aliphatic heterocycles. The van der Waals surface area contributed by atoms with Crippen LogP contribution in [0.3, 0.4) is 0 Å². The third kappa shape index (κ3) is 4.54.